The molecule has 0 bridgehead atoms. The van der Waals surface area contributed by atoms with Crippen LogP contribution in [0, 0.1) is 0 Å². The minimum atomic E-state index is -1.16. The van der Waals surface area contributed by atoms with Crippen LogP contribution >= 0.6 is 0 Å². The number of benzene rings is 3. The van der Waals surface area contributed by atoms with Gasteiger partial charge in [-0.2, -0.15) is 5.21 Å². The van der Waals surface area contributed by atoms with Gasteiger partial charge in [0, 0.05) is 18.5 Å². The second-order valence-corrected chi connectivity index (χ2v) is 10.9. The van der Waals surface area contributed by atoms with Crippen LogP contribution in [0.1, 0.15) is 70.3 Å². The summed E-state index contributed by atoms with van der Waals surface area (Å²) in [6, 6.07) is 24.4. The lowest BCUT2D eigenvalue weighted by Crippen LogP contribution is -2.56. The number of hydrogen-bond donors (Lipinski definition) is 2. The smallest absolute Gasteiger partial charge is 0.329 e. The van der Waals surface area contributed by atoms with Crippen LogP contribution in [0.2, 0.25) is 0 Å². The summed E-state index contributed by atoms with van der Waals surface area (Å²) in [6.07, 6.45) is 6.65. The Morgan fingerprint density at radius 3 is 2.22 bits per heavy atom. The van der Waals surface area contributed by atoms with Gasteiger partial charge in [-0.15, -0.1) is 10.2 Å². The molecule has 41 heavy (non-hydrogen) atoms. The molecular formula is C33H37N5O3. The summed E-state index contributed by atoms with van der Waals surface area (Å²) in [5.74, 6) is -0.452. The summed E-state index contributed by atoms with van der Waals surface area (Å²) < 4.78 is 0. The molecule has 0 spiro atoms. The van der Waals surface area contributed by atoms with Crippen molar-refractivity contribution in [3.8, 4) is 33.6 Å². The minimum absolute atomic E-state index is 0.0739. The average Bonchev–Trinajstić information content (AvgIpc) is 3.43. The van der Waals surface area contributed by atoms with Gasteiger partial charge < -0.3 is 10.0 Å². The molecule has 1 amide bonds. The molecule has 1 aliphatic carbocycles. The van der Waals surface area contributed by atoms with E-state index in [1.807, 2.05) is 55.5 Å². The molecule has 0 aliphatic heterocycles. The predicted octanol–water partition coefficient (Wildman–Crippen LogP) is 6.90. The summed E-state index contributed by atoms with van der Waals surface area (Å²) in [6.45, 7) is 2.32. The van der Waals surface area contributed by atoms with Crippen molar-refractivity contribution in [3.05, 3.63) is 78.4 Å². The van der Waals surface area contributed by atoms with E-state index < -0.39 is 11.5 Å². The highest BCUT2D eigenvalue weighted by atomic mass is 16.4. The summed E-state index contributed by atoms with van der Waals surface area (Å²) in [5.41, 5.74) is 4.71. The number of H-pyrrole nitrogens is 1. The van der Waals surface area contributed by atoms with Gasteiger partial charge in [-0.3, -0.25) is 4.79 Å². The van der Waals surface area contributed by atoms with E-state index in [1.165, 1.54) is 0 Å². The molecule has 8 heteroatoms. The van der Waals surface area contributed by atoms with E-state index in [-0.39, 0.29) is 12.5 Å². The lowest BCUT2D eigenvalue weighted by Gasteiger charge is -2.40. The van der Waals surface area contributed by atoms with Crippen molar-refractivity contribution in [2.45, 2.75) is 76.8 Å². The minimum Gasteiger partial charge on any atom is -0.479 e. The first kappa shape index (κ1) is 28.2. The third-order valence-electron chi connectivity index (χ3n) is 8.21. The van der Waals surface area contributed by atoms with E-state index in [0.717, 1.165) is 71.9 Å². The molecule has 0 unspecified atom stereocenters. The van der Waals surface area contributed by atoms with Crippen molar-refractivity contribution in [2.24, 2.45) is 0 Å². The van der Waals surface area contributed by atoms with Gasteiger partial charge >= 0.3 is 5.97 Å². The van der Waals surface area contributed by atoms with Crippen molar-refractivity contribution < 1.29 is 14.7 Å². The number of hydrogen-bond acceptors (Lipinski definition) is 5. The van der Waals surface area contributed by atoms with Crippen molar-refractivity contribution in [3.63, 3.8) is 0 Å². The van der Waals surface area contributed by atoms with Crippen LogP contribution < -0.4 is 0 Å². The Kier molecular flexibility index (Phi) is 8.87. The lowest BCUT2D eigenvalue weighted by atomic mass is 9.87. The molecule has 0 radical (unpaired) electrons. The molecule has 1 aliphatic rings. The molecular weight excluding hydrogens is 514 g/mol. The van der Waals surface area contributed by atoms with Crippen LogP contribution in [-0.4, -0.2) is 48.0 Å². The van der Waals surface area contributed by atoms with E-state index in [4.69, 9.17) is 0 Å². The van der Waals surface area contributed by atoms with Crippen LogP contribution in [0.3, 0.4) is 0 Å². The molecule has 8 nitrogen and oxygen atoms in total. The quantitative estimate of drug-likeness (QED) is 0.207. The topological polar surface area (TPSA) is 112 Å². The fourth-order valence-electron chi connectivity index (χ4n) is 5.89. The maximum Gasteiger partial charge on any atom is 0.329 e. The number of carboxylic acid groups (broad SMARTS) is 1. The molecule has 2 N–H and O–H groups in total. The highest BCUT2D eigenvalue weighted by Crippen LogP contribution is 2.37. The molecule has 0 saturated heterocycles. The number of carbonyl (C=O) groups is 2. The Morgan fingerprint density at radius 1 is 0.878 bits per heavy atom. The number of carboxylic acids is 1. The van der Waals surface area contributed by atoms with Crippen molar-refractivity contribution in [1.29, 1.82) is 0 Å². The molecule has 1 aromatic heterocycles. The van der Waals surface area contributed by atoms with Crippen molar-refractivity contribution >= 4 is 11.9 Å². The number of tetrazole rings is 1. The second-order valence-electron chi connectivity index (χ2n) is 10.9. The molecule has 3 aromatic carbocycles. The Balaban J connectivity index is 1.49. The number of aliphatic carboxylic acids is 1. The Hall–Kier alpha value is -4.33. The van der Waals surface area contributed by atoms with Crippen molar-refractivity contribution in [1.82, 2.24) is 25.5 Å². The maximum absolute atomic E-state index is 13.5. The summed E-state index contributed by atoms with van der Waals surface area (Å²) in [4.78, 5) is 27.9. The highest BCUT2D eigenvalue weighted by Gasteiger charge is 2.46. The first-order valence-corrected chi connectivity index (χ1v) is 14.6. The number of aromatic amines is 1. The zero-order valence-electron chi connectivity index (χ0n) is 23.6. The average molecular weight is 552 g/mol. The zero-order chi connectivity index (χ0) is 28.7. The van der Waals surface area contributed by atoms with Crippen LogP contribution in [-0.2, 0) is 16.1 Å². The fourth-order valence-corrected chi connectivity index (χ4v) is 5.89. The largest absolute Gasteiger partial charge is 0.479 e. The molecule has 0 atom stereocenters. The highest BCUT2D eigenvalue weighted by molar-refractivity contribution is 5.87. The fraction of sp³-hybridized carbons (Fsp3) is 0.364. The number of unbranched alkanes of at least 4 members (excludes halogenated alkanes) is 1. The number of carbonyl (C=O) groups excluding carboxylic acids is 1. The molecule has 1 fully saturated rings. The number of rotatable bonds is 10. The first-order valence-electron chi connectivity index (χ1n) is 14.6. The number of nitrogens with zero attached hydrogens (tertiary/aromatic N) is 4. The normalized spacial score (nSPS) is 14.8. The number of amides is 1. The van der Waals surface area contributed by atoms with Crippen LogP contribution in [0.4, 0.5) is 0 Å². The van der Waals surface area contributed by atoms with E-state index in [2.05, 4.69) is 44.9 Å². The van der Waals surface area contributed by atoms with Gasteiger partial charge in [-0.05, 0) is 64.4 Å². The zero-order valence-corrected chi connectivity index (χ0v) is 23.6. The molecule has 1 heterocycles. The Bertz CT molecular complexity index is 1440. The van der Waals surface area contributed by atoms with Gasteiger partial charge in [-0.25, -0.2) is 4.79 Å². The molecule has 4 aromatic rings. The summed E-state index contributed by atoms with van der Waals surface area (Å²) >= 11 is 0. The van der Waals surface area contributed by atoms with Gasteiger partial charge in [0.1, 0.15) is 5.54 Å². The third kappa shape index (κ3) is 6.21. The van der Waals surface area contributed by atoms with Gasteiger partial charge in [0.25, 0.3) is 0 Å². The first-order chi connectivity index (χ1) is 20.0. The lowest BCUT2D eigenvalue weighted by molar-refractivity contribution is -0.161. The van der Waals surface area contributed by atoms with Gasteiger partial charge in [0.05, 0.1) is 0 Å². The predicted molar refractivity (Wildman–Crippen MR) is 159 cm³/mol. The summed E-state index contributed by atoms with van der Waals surface area (Å²) in [5, 5.41) is 25.2. The number of aromatic nitrogens is 4. The van der Waals surface area contributed by atoms with E-state index >= 15 is 0 Å². The van der Waals surface area contributed by atoms with E-state index in [9.17, 15) is 14.7 Å². The monoisotopic (exact) mass is 551 g/mol. The maximum atomic E-state index is 13.5. The summed E-state index contributed by atoms with van der Waals surface area (Å²) in [7, 11) is 0. The third-order valence-corrected chi connectivity index (χ3v) is 8.21. The van der Waals surface area contributed by atoms with Crippen molar-refractivity contribution in [2.75, 3.05) is 0 Å². The number of nitrogens with one attached hydrogen (secondary N) is 1. The van der Waals surface area contributed by atoms with E-state index in [1.54, 1.807) is 4.90 Å². The van der Waals surface area contributed by atoms with Gasteiger partial charge in [0.15, 0.2) is 0 Å². The standard InChI is InChI=1S/C33H37N5O3/c1-2-3-13-30(39)38(33(32(40)41)20-9-4-5-10-21-33)23-24-14-16-26(17-15-24)29-22-27(25-11-7-6-8-12-25)18-19-28(29)31-34-36-37-35-31/h6-8,11-12,14-19,22H,2-5,9-10,13,20-21,23H2,1H3,(H,40,41)(H,34,35,36,37). The molecule has 212 valence electrons. The van der Waals surface area contributed by atoms with E-state index in [0.29, 0.717) is 25.1 Å². The van der Waals surface area contributed by atoms with Crippen LogP contribution in [0.15, 0.2) is 72.8 Å². The molecule has 5 rings (SSSR count). The molecule has 1 saturated carbocycles. The SMILES string of the molecule is CCCCC(=O)N(Cc1ccc(-c2cc(-c3ccccc3)ccc2-c2nn[nH]n2)cc1)C1(C(=O)O)CCCCCC1. The van der Waals surface area contributed by atoms with Gasteiger partial charge in [0.2, 0.25) is 11.7 Å². The Morgan fingerprint density at radius 2 is 1.59 bits per heavy atom. The van der Waals surface area contributed by atoms with Crippen LogP contribution in [0.25, 0.3) is 33.6 Å². The Labute approximate surface area is 240 Å². The van der Waals surface area contributed by atoms with Crippen LogP contribution in [0.5, 0.6) is 0 Å². The van der Waals surface area contributed by atoms with Gasteiger partial charge in [-0.1, -0.05) is 99.7 Å². The second kappa shape index (κ2) is 12.9.